The quantitative estimate of drug-likeness (QED) is 0.832. The molecule has 1 aliphatic carbocycles. The summed E-state index contributed by atoms with van der Waals surface area (Å²) in [7, 11) is -0.687. The molecule has 0 aliphatic heterocycles. The van der Waals surface area contributed by atoms with Crippen LogP contribution in [-0.4, -0.2) is 28.3 Å². The summed E-state index contributed by atoms with van der Waals surface area (Å²) in [5, 5.41) is 3.99. The van der Waals surface area contributed by atoms with Gasteiger partial charge in [-0.25, -0.2) is 0 Å². The zero-order valence-electron chi connectivity index (χ0n) is 13.0. The van der Waals surface area contributed by atoms with Crippen LogP contribution in [-0.2, 0) is 10.8 Å². The Morgan fingerprint density at radius 3 is 2.17 bits per heavy atom. The molecule has 3 heteroatoms. The van der Waals surface area contributed by atoms with E-state index in [1.807, 2.05) is 0 Å². The second-order valence-corrected chi connectivity index (χ2v) is 9.46. The Labute approximate surface area is 116 Å². The third-order valence-corrected chi connectivity index (χ3v) is 5.47. The van der Waals surface area contributed by atoms with E-state index in [1.165, 1.54) is 19.3 Å². The molecule has 2 atom stereocenters. The molecular formula is C15H31NOS. The van der Waals surface area contributed by atoms with E-state index in [4.69, 9.17) is 0 Å². The van der Waals surface area contributed by atoms with Crippen molar-refractivity contribution in [3.8, 4) is 0 Å². The van der Waals surface area contributed by atoms with E-state index in [1.54, 1.807) is 6.26 Å². The van der Waals surface area contributed by atoms with Crippen LogP contribution in [0.5, 0.6) is 0 Å². The molecule has 0 aromatic rings. The molecule has 0 heterocycles. The highest BCUT2D eigenvalue weighted by Gasteiger charge is 2.38. The fourth-order valence-electron chi connectivity index (χ4n) is 3.65. The third kappa shape index (κ3) is 5.40. The van der Waals surface area contributed by atoms with E-state index in [0.29, 0.717) is 22.1 Å². The van der Waals surface area contributed by atoms with E-state index in [9.17, 15) is 4.21 Å². The lowest BCUT2D eigenvalue weighted by atomic mass is 9.63. The van der Waals surface area contributed by atoms with Crippen molar-refractivity contribution in [1.82, 2.24) is 5.32 Å². The van der Waals surface area contributed by atoms with Crippen LogP contribution >= 0.6 is 0 Å². The van der Waals surface area contributed by atoms with Crippen molar-refractivity contribution >= 4 is 10.8 Å². The largest absolute Gasteiger partial charge is 0.314 e. The highest BCUT2D eigenvalue weighted by molar-refractivity contribution is 7.84. The van der Waals surface area contributed by atoms with Gasteiger partial charge in [0.2, 0.25) is 0 Å². The Morgan fingerprint density at radius 2 is 1.72 bits per heavy atom. The second kappa shape index (κ2) is 6.04. The maximum atomic E-state index is 11.3. The SMILES string of the molecule is CC(CCNC1CC(C)(C)CC(C)(C)C1)S(C)=O. The van der Waals surface area contributed by atoms with Gasteiger partial charge in [-0.15, -0.1) is 0 Å². The number of rotatable bonds is 5. The van der Waals surface area contributed by atoms with Crippen LogP contribution in [0.2, 0.25) is 0 Å². The molecular weight excluding hydrogens is 242 g/mol. The molecule has 1 aliphatic rings. The lowest BCUT2D eigenvalue weighted by molar-refractivity contribution is 0.0852. The highest BCUT2D eigenvalue weighted by atomic mass is 32.2. The summed E-state index contributed by atoms with van der Waals surface area (Å²) in [6, 6.07) is 0.626. The molecule has 1 fully saturated rings. The topological polar surface area (TPSA) is 29.1 Å². The number of nitrogens with one attached hydrogen (secondary N) is 1. The van der Waals surface area contributed by atoms with E-state index in [2.05, 4.69) is 39.9 Å². The summed E-state index contributed by atoms with van der Waals surface area (Å²) in [5.41, 5.74) is 0.886. The van der Waals surface area contributed by atoms with E-state index >= 15 is 0 Å². The first-order valence-electron chi connectivity index (χ1n) is 7.17. The zero-order chi connectivity index (χ0) is 14.0. The Morgan fingerprint density at radius 1 is 1.22 bits per heavy atom. The van der Waals surface area contributed by atoms with Crippen LogP contribution in [0.15, 0.2) is 0 Å². The molecule has 2 unspecified atom stereocenters. The van der Waals surface area contributed by atoms with Crippen molar-refractivity contribution in [2.24, 2.45) is 10.8 Å². The van der Waals surface area contributed by atoms with Gasteiger partial charge in [0, 0.05) is 28.3 Å². The molecule has 0 aromatic heterocycles. The standard InChI is InChI=1S/C15H31NOS/c1-12(18(6)17)7-8-16-13-9-14(2,3)11-15(4,5)10-13/h12-13,16H,7-11H2,1-6H3. The molecule has 1 saturated carbocycles. The maximum absolute atomic E-state index is 11.3. The van der Waals surface area contributed by atoms with Crippen molar-refractivity contribution in [3.63, 3.8) is 0 Å². The van der Waals surface area contributed by atoms with Gasteiger partial charge in [-0.2, -0.15) is 0 Å². The minimum absolute atomic E-state index is 0.308. The molecule has 2 nitrogen and oxygen atoms in total. The average molecular weight is 273 g/mol. The maximum Gasteiger partial charge on any atom is 0.0329 e. The lowest BCUT2D eigenvalue weighted by Crippen LogP contribution is -2.44. The first-order valence-corrected chi connectivity index (χ1v) is 8.79. The van der Waals surface area contributed by atoms with Crippen molar-refractivity contribution in [2.75, 3.05) is 12.8 Å². The molecule has 0 saturated heterocycles. The normalized spacial score (nSPS) is 26.8. The highest BCUT2D eigenvalue weighted by Crippen LogP contribution is 2.45. The Balaban J connectivity index is 2.40. The molecule has 108 valence electrons. The van der Waals surface area contributed by atoms with E-state index in [0.717, 1.165) is 13.0 Å². The van der Waals surface area contributed by atoms with Gasteiger partial charge >= 0.3 is 0 Å². The van der Waals surface area contributed by atoms with Gasteiger partial charge in [0.1, 0.15) is 0 Å². The molecule has 0 amide bonds. The zero-order valence-corrected chi connectivity index (χ0v) is 13.8. The minimum atomic E-state index is -0.687. The summed E-state index contributed by atoms with van der Waals surface area (Å²) in [6.45, 7) is 12.6. The van der Waals surface area contributed by atoms with Crippen LogP contribution in [0.3, 0.4) is 0 Å². The van der Waals surface area contributed by atoms with Gasteiger partial charge in [0.25, 0.3) is 0 Å². The predicted octanol–water partition coefficient (Wildman–Crippen LogP) is 3.34. The molecule has 0 spiro atoms. The summed E-state index contributed by atoms with van der Waals surface area (Å²) >= 11 is 0. The first-order chi connectivity index (χ1) is 8.11. The monoisotopic (exact) mass is 273 g/mol. The van der Waals surface area contributed by atoms with Crippen LogP contribution in [0.4, 0.5) is 0 Å². The van der Waals surface area contributed by atoms with Crippen LogP contribution in [0.1, 0.15) is 60.3 Å². The molecule has 0 bridgehead atoms. The van der Waals surface area contributed by atoms with Crippen molar-refractivity contribution in [1.29, 1.82) is 0 Å². The van der Waals surface area contributed by atoms with Crippen LogP contribution < -0.4 is 5.32 Å². The fraction of sp³-hybridized carbons (Fsp3) is 1.00. The first kappa shape index (κ1) is 16.2. The number of hydrogen-bond donors (Lipinski definition) is 1. The predicted molar refractivity (Wildman–Crippen MR) is 81.3 cm³/mol. The Bertz CT molecular complexity index is 283. The molecule has 1 N–H and O–H groups in total. The van der Waals surface area contributed by atoms with Gasteiger partial charge in [-0.1, -0.05) is 34.6 Å². The molecule has 1 rings (SSSR count). The van der Waals surface area contributed by atoms with Gasteiger partial charge in [0.05, 0.1) is 0 Å². The summed E-state index contributed by atoms with van der Waals surface area (Å²) in [6.07, 6.45) is 6.66. The van der Waals surface area contributed by atoms with Gasteiger partial charge in [0.15, 0.2) is 0 Å². The molecule has 18 heavy (non-hydrogen) atoms. The van der Waals surface area contributed by atoms with Crippen molar-refractivity contribution < 1.29 is 4.21 Å². The summed E-state index contributed by atoms with van der Waals surface area (Å²) < 4.78 is 11.3. The summed E-state index contributed by atoms with van der Waals surface area (Å²) in [5.74, 6) is 0. The third-order valence-electron chi connectivity index (χ3n) is 4.11. The smallest absolute Gasteiger partial charge is 0.0329 e. The average Bonchev–Trinajstić information content (AvgIpc) is 2.11. The molecule has 0 radical (unpaired) electrons. The van der Waals surface area contributed by atoms with Gasteiger partial charge < -0.3 is 5.32 Å². The number of hydrogen-bond acceptors (Lipinski definition) is 2. The summed E-state index contributed by atoms with van der Waals surface area (Å²) in [4.78, 5) is 0. The van der Waals surface area contributed by atoms with E-state index < -0.39 is 10.8 Å². The van der Waals surface area contributed by atoms with Crippen LogP contribution in [0.25, 0.3) is 0 Å². The lowest BCUT2D eigenvalue weighted by Gasteiger charge is -2.45. The van der Waals surface area contributed by atoms with Gasteiger partial charge in [-0.05, 0) is 43.1 Å². The van der Waals surface area contributed by atoms with Crippen LogP contribution in [0, 0.1) is 10.8 Å². The Kier molecular flexibility index (Phi) is 5.43. The molecule has 0 aromatic carbocycles. The Hall–Kier alpha value is 0.110. The van der Waals surface area contributed by atoms with Crippen molar-refractivity contribution in [3.05, 3.63) is 0 Å². The van der Waals surface area contributed by atoms with Crippen molar-refractivity contribution in [2.45, 2.75) is 71.6 Å². The minimum Gasteiger partial charge on any atom is -0.314 e. The van der Waals surface area contributed by atoms with Gasteiger partial charge in [-0.3, -0.25) is 4.21 Å². The fourth-order valence-corrected chi connectivity index (χ4v) is 4.10. The second-order valence-electron chi connectivity index (χ2n) is 7.66. The van der Waals surface area contributed by atoms with E-state index in [-0.39, 0.29) is 0 Å².